The molecule has 4 nitrogen and oxygen atoms in total. The minimum atomic E-state index is -0.438. The van der Waals surface area contributed by atoms with E-state index in [9.17, 15) is 4.79 Å². The molecule has 0 saturated carbocycles. The Morgan fingerprint density at radius 2 is 2.27 bits per heavy atom. The van der Waals surface area contributed by atoms with Crippen LogP contribution in [0, 0.1) is 0 Å². The molecule has 0 radical (unpaired) electrons. The Balaban J connectivity index is 3.17. The van der Waals surface area contributed by atoms with Crippen LogP contribution in [0.3, 0.4) is 0 Å². The summed E-state index contributed by atoms with van der Waals surface area (Å²) in [6.45, 7) is 3.21. The van der Waals surface area contributed by atoms with E-state index in [1.165, 1.54) is 0 Å². The van der Waals surface area contributed by atoms with Crippen LogP contribution < -0.4 is 5.73 Å². The Hall–Kier alpha value is -1.03. The maximum Gasteiger partial charge on any atom is 0.332 e. The molecule has 0 aromatic heterocycles. The van der Waals surface area contributed by atoms with Gasteiger partial charge in [0.25, 0.3) is 0 Å². The second-order valence-corrected chi connectivity index (χ2v) is 1.72. The van der Waals surface area contributed by atoms with Crippen molar-refractivity contribution in [3.05, 3.63) is 12.3 Å². The molecular weight excluding hydrogens is 146 g/mol. The van der Waals surface area contributed by atoms with E-state index in [-0.39, 0.29) is 6.61 Å². The number of rotatable bonds is 5. The molecular formula is C7H13NO3. The van der Waals surface area contributed by atoms with E-state index in [2.05, 4.69) is 4.74 Å². The van der Waals surface area contributed by atoms with Gasteiger partial charge in [-0.1, -0.05) is 0 Å². The molecule has 0 bridgehead atoms. The van der Waals surface area contributed by atoms with Gasteiger partial charge in [0.2, 0.25) is 0 Å². The first kappa shape index (κ1) is 9.97. The van der Waals surface area contributed by atoms with E-state index < -0.39 is 5.97 Å². The van der Waals surface area contributed by atoms with Gasteiger partial charge in [0, 0.05) is 18.9 Å². The molecule has 0 amide bonds. The lowest BCUT2D eigenvalue weighted by Gasteiger charge is -2.00. The first-order chi connectivity index (χ1) is 5.31. The number of ether oxygens (including phenoxy) is 2. The molecule has 0 aromatic rings. The largest absolute Gasteiger partial charge is 0.460 e. The minimum Gasteiger partial charge on any atom is -0.460 e. The van der Waals surface area contributed by atoms with Gasteiger partial charge in [0.1, 0.15) is 6.61 Å². The molecule has 0 aliphatic heterocycles. The van der Waals surface area contributed by atoms with E-state index >= 15 is 0 Å². The molecule has 0 aliphatic rings. The number of carbonyl (C=O) groups excluding carboxylic acids is 1. The number of esters is 1. The van der Waals surface area contributed by atoms with E-state index in [4.69, 9.17) is 10.5 Å². The molecule has 64 valence electrons. The highest BCUT2D eigenvalue weighted by Gasteiger charge is 1.93. The molecule has 0 heterocycles. The van der Waals surface area contributed by atoms with Crippen molar-refractivity contribution in [3.63, 3.8) is 0 Å². The summed E-state index contributed by atoms with van der Waals surface area (Å²) in [5.74, 6) is -0.438. The van der Waals surface area contributed by atoms with Crippen molar-refractivity contribution in [2.45, 2.75) is 6.92 Å². The third-order valence-corrected chi connectivity index (χ3v) is 0.908. The summed E-state index contributed by atoms with van der Waals surface area (Å²) >= 11 is 0. The average Bonchev–Trinajstić information content (AvgIpc) is 1.99. The number of carbonyl (C=O) groups is 1. The maximum absolute atomic E-state index is 10.6. The van der Waals surface area contributed by atoms with E-state index in [1.54, 1.807) is 0 Å². The Labute approximate surface area is 66.0 Å². The highest BCUT2D eigenvalue weighted by atomic mass is 16.6. The van der Waals surface area contributed by atoms with Gasteiger partial charge in [0.15, 0.2) is 0 Å². The minimum absolute atomic E-state index is 0.275. The van der Waals surface area contributed by atoms with Crippen molar-refractivity contribution in [2.75, 3.05) is 19.8 Å². The Morgan fingerprint density at radius 1 is 1.55 bits per heavy atom. The predicted octanol–water partition coefficient (Wildman–Crippen LogP) is 0.0385. The summed E-state index contributed by atoms with van der Waals surface area (Å²) in [7, 11) is 0. The van der Waals surface area contributed by atoms with Crippen LogP contribution in [0.4, 0.5) is 0 Å². The summed E-state index contributed by atoms with van der Waals surface area (Å²) in [6.07, 6.45) is 2.30. The van der Waals surface area contributed by atoms with Crippen molar-refractivity contribution in [1.29, 1.82) is 0 Å². The molecule has 0 atom stereocenters. The first-order valence-corrected chi connectivity index (χ1v) is 3.44. The van der Waals surface area contributed by atoms with Gasteiger partial charge in [-0.25, -0.2) is 4.79 Å². The van der Waals surface area contributed by atoms with Crippen molar-refractivity contribution in [2.24, 2.45) is 5.73 Å². The number of nitrogens with two attached hydrogens (primary N) is 1. The standard InChI is InChI=1S/C7H13NO3/c1-2-10-5-6-11-7(9)3-4-8/h3-4H,2,5-6,8H2,1H3. The zero-order chi connectivity index (χ0) is 8.53. The Kier molecular flexibility index (Phi) is 6.42. The van der Waals surface area contributed by atoms with Gasteiger partial charge in [-0.05, 0) is 6.92 Å². The normalized spacial score (nSPS) is 10.3. The van der Waals surface area contributed by atoms with Crippen LogP contribution in [0.5, 0.6) is 0 Å². The third-order valence-electron chi connectivity index (χ3n) is 0.908. The van der Waals surface area contributed by atoms with Crippen LogP contribution in [0.1, 0.15) is 6.92 Å². The van der Waals surface area contributed by atoms with Crippen molar-refractivity contribution in [3.8, 4) is 0 Å². The van der Waals surface area contributed by atoms with Crippen molar-refractivity contribution >= 4 is 5.97 Å². The van der Waals surface area contributed by atoms with Gasteiger partial charge in [-0.3, -0.25) is 0 Å². The topological polar surface area (TPSA) is 61.5 Å². The monoisotopic (exact) mass is 159 g/mol. The molecule has 0 unspecified atom stereocenters. The number of hydrogen-bond acceptors (Lipinski definition) is 4. The van der Waals surface area contributed by atoms with Crippen LogP contribution in [-0.2, 0) is 14.3 Å². The van der Waals surface area contributed by atoms with Gasteiger partial charge in [0.05, 0.1) is 6.61 Å². The van der Waals surface area contributed by atoms with Gasteiger partial charge in [-0.2, -0.15) is 0 Å². The second-order valence-electron chi connectivity index (χ2n) is 1.72. The lowest BCUT2D eigenvalue weighted by atomic mass is 10.6. The zero-order valence-electron chi connectivity index (χ0n) is 6.58. The fourth-order valence-electron chi connectivity index (χ4n) is 0.472. The fraction of sp³-hybridized carbons (Fsp3) is 0.571. The van der Waals surface area contributed by atoms with E-state index in [0.29, 0.717) is 13.2 Å². The summed E-state index contributed by atoms with van der Waals surface area (Å²) < 4.78 is 9.58. The first-order valence-electron chi connectivity index (χ1n) is 3.44. The van der Waals surface area contributed by atoms with E-state index in [0.717, 1.165) is 12.3 Å². The van der Waals surface area contributed by atoms with E-state index in [1.807, 2.05) is 6.92 Å². The summed E-state index contributed by atoms with van der Waals surface area (Å²) in [6, 6.07) is 0. The fourth-order valence-corrected chi connectivity index (χ4v) is 0.472. The lowest BCUT2D eigenvalue weighted by molar-refractivity contribution is -0.139. The van der Waals surface area contributed by atoms with Crippen molar-refractivity contribution in [1.82, 2.24) is 0 Å². The van der Waals surface area contributed by atoms with Crippen LogP contribution in [-0.4, -0.2) is 25.8 Å². The second kappa shape index (κ2) is 7.08. The summed E-state index contributed by atoms with van der Waals surface area (Å²) in [5.41, 5.74) is 4.95. The molecule has 0 spiro atoms. The smallest absolute Gasteiger partial charge is 0.332 e. The lowest BCUT2D eigenvalue weighted by Crippen LogP contribution is -2.08. The summed E-state index contributed by atoms with van der Waals surface area (Å²) in [5, 5.41) is 0. The SMILES string of the molecule is CCOCCOC(=O)C=CN. The average molecular weight is 159 g/mol. The van der Waals surface area contributed by atoms with Crippen LogP contribution in [0.25, 0.3) is 0 Å². The molecule has 0 rings (SSSR count). The van der Waals surface area contributed by atoms with Gasteiger partial charge >= 0.3 is 5.97 Å². The Morgan fingerprint density at radius 3 is 2.82 bits per heavy atom. The predicted molar refractivity (Wildman–Crippen MR) is 40.8 cm³/mol. The Bertz CT molecular complexity index is 134. The zero-order valence-corrected chi connectivity index (χ0v) is 6.58. The number of hydrogen-bond donors (Lipinski definition) is 1. The molecule has 0 fully saturated rings. The van der Waals surface area contributed by atoms with Gasteiger partial charge < -0.3 is 15.2 Å². The third kappa shape index (κ3) is 6.86. The molecule has 0 aromatic carbocycles. The maximum atomic E-state index is 10.6. The molecule has 4 heteroatoms. The molecule has 2 N–H and O–H groups in total. The van der Waals surface area contributed by atoms with Crippen LogP contribution in [0.15, 0.2) is 12.3 Å². The quantitative estimate of drug-likeness (QED) is 0.349. The molecule has 0 saturated heterocycles. The molecule has 0 aliphatic carbocycles. The van der Waals surface area contributed by atoms with Crippen molar-refractivity contribution < 1.29 is 14.3 Å². The van der Waals surface area contributed by atoms with Crippen LogP contribution >= 0.6 is 0 Å². The van der Waals surface area contributed by atoms with Crippen LogP contribution in [0.2, 0.25) is 0 Å². The van der Waals surface area contributed by atoms with Gasteiger partial charge in [-0.15, -0.1) is 0 Å². The highest BCUT2D eigenvalue weighted by molar-refractivity contribution is 5.81. The highest BCUT2D eigenvalue weighted by Crippen LogP contribution is 1.81. The summed E-state index contributed by atoms with van der Waals surface area (Å²) in [4.78, 5) is 10.6. The molecule has 11 heavy (non-hydrogen) atoms.